The minimum atomic E-state index is -1.46. The van der Waals surface area contributed by atoms with E-state index in [0.29, 0.717) is 27.3 Å². The number of aliphatic hydroxyl groups is 3. The number of rotatable bonds is 7. The van der Waals surface area contributed by atoms with E-state index < -0.39 is 49.1 Å². The summed E-state index contributed by atoms with van der Waals surface area (Å²) >= 11 is 12.5. The van der Waals surface area contributed by atoms with Crippen molar-refractivity contribution in [2.75, 3.05) is 19.0 Å². The van der Waals surface area contributed by atoms with Gasteiger partial charge in [0.05, 0.1) is 35.0 Å². The van der Waals surface area contributed by atoms with Crippen LogP contribution in [-0.4, -0.2) is 76.5 Å². The Morgan fingerprint density at radius 3 is 2.61 bits per heavy atom. The van der Waals surface area contributed by atoms with Gasteiger partial charge >= 0.3 is 5.97 Å². The maximum atomic E-state index is 12.5. The van der Waals surface area contributed by atoms with Crippen LogP contribution in [0.3, 0.4) is 0 Å². The highest BCUT2D eigenvalue weighted by molar-refractivity contribution is 6.45. The third-order valence-corrected chi connectivity index (χ3v) is 6.74. The summed E-state index contributed by atoms with van der Waals surface area (Å²) in [6.45, 7) is 0.667. The van der Waals surface area contributed by atoms with Crippen LogP contribution >= 0.6 is 23.2 Å². The lowest BCUT2D eigenvalue weighted by Crippen LogP contribution is -2.65. The first-order valence-electron chi connectivity index (χ1n) is 11.4. The normalized spacial score (nSPS) is 23.1. The predicted octanol–water partition coefficient (Wildman–Crippen LogP) is 2.39. The Morgan fingerprint density at radius 1 is 1.16 bits per heavy atom. The van der Waals surface area contributed by atoms with Gasteiger partial charge in [-0.05, 0) is 24.3 Å². The fraction of sp³-hybridized carbons (Fsp3) is 0.320. The predicted molar refractivity (Wildman–Crippen MR) is 139 cm³/mol. The van der Waals surface area contributed by atoms with Gasteiger partial charge in [0.15, 0.2) is 0 Å². The minimum absolute atomic E-state index is 0.147. The SMILES string of the molecule is COC(=O)c1cnc2c(Cl)c(Cl)ccc2c1Nc1cccc(O[C@@H]2O[C@H](CO)[C@@H](O)[C@@H](O)[C@@H]2NC(C)=O)c1. The summed E-state index contributed by atoms with van der Waals surface area (Å²) in [5.41, 5.74) is 1.37. The Hall–Kier alpha value is -3.19. The van der Waals surface area contributed by atoms with Crippen LogP contribution in [0.4, 0.5) is 11.4 Å². The van der Waals surface area contributed by atoms with E-state index in [1.807, 2.05) is 0 Å². The lowest BCUT2D eigenvalue weighted by molar-refractivity contribution is -0.244. The second kappa shape index (κ2) is 11.7. The molecule has 1 aromatic heterocycles. The van der Waals surface area contributed by atoms with Crippen molar-refractivity contribution in [1.29, 1.82) is 0 Å². The Labute approximate surface area is 227 Å². The quantitative estimate of drug-likeness (QED) is 0.269. The first-order chi connectivity index (χ1) is 18.1. The first kappa shape index (κ1) is 27.8. The minimum Gasteiger partial charge on any atom is -0.465 e. The number of carbonyl (C=O) groups excluding carboxylic acids is 2. The zero-order valence-corrected chi connectivity index (χ0v) is 21.7. The zero-order valence-electron chi connectivity index (χ0n) is 20.2. The number of aliphatic hydroxyl groups excluding tert-OH is 3. The molecule has 2 aromatic carbocycles. The highest BCUT2D eigenvalue weighted by atomic mass is 35.5. The molecule has 3 aromatic rings. The van der Waals surface area contributed by atoms with Gasteiger partial charge in [0.1, 0.15) is 35.7 Å². The van der Waals surface area contributed by atoms with Gasteiger partial charge in [0.2, 0.25) is 12.2 Å². The maximum Gasteiger partial charge on any atom is 0.341 e. The molecule has 0 bridgehead atoms. The maximum absolute atomic E-state index is 12.5. The van der Waals surface area contributed by atoms with Crippen LogP contribution in [0.15, 0.2) is 42.6 Å². The number of hydrogen-bond donors (Lipinski definition) is 5. The summed E-state index contributed by atoms with van der Waals surface area (Å²) in [7, 11) is 1.25. The van der Waals surface area contributed by atoms with Gasteiger partial charge in [-0.1, -0.05) is 29.3 Å². The fourth-order valence-corrected chi connectivity index (χ4v) is 4.47. The molecule has 1 aliphatic rings. The molecule has 4 rings (SSSR count). The van der Waals surface area contributed by atoms with Crippen LogP contribution in [0.25, 0.3) is 10.9 Å². The molecule has 0 spiro atoms. The van der Waals surface area contributed by atoms with Crippen LogP contribution in [0, 0.1) is 0 Å². The topological polar surface area (TPSA) is 159 Å². The third kappa shape index (κ3) is 5.63. The summed E-state index contributed by atoms with van der Waals surface area (Å²) in [4.78, 5) is 28.5. The number of methoxy groups -OCH3 is 1. The molecular weight excluding hydrogens is 541 g/mol. The number of ether oxygens (including phenoxy) is 3. The number of nitrogens with zero attached hydrogens (tertiary/aromatic N) is 1. The number of pyridine rings is 1. The van der Waals surface area contributed by atoms with Crippen molar-refractivity contribution in [3.05, 3.63) is 58.2 Å². The van der Waals surface area contributed by atoms with Crippen LogP contribution in [-0.2, 0) is 14.3 Å². The number of nitrogens with one attached hydrogen (secondary N) is 2. The largest absolute Gasteiger partial charge is 0.465 e. The highest BCUT2D eigenvalue weighted by Crippen LogP contribution is 2.37. The number of halogens is 2. The van der Waals surface area contributed by atoms with Crippen molar-refractivity contribution in [3.8, 4) is 5.75 Å². The average Bonchev–Trinajstić information content (AvgIpc) is 2.90. The molecule has 1 saturated heterocycles. The van der Waals surface area contributed by atoms with E-state index in [-0.39, 0.29) is 16.3 Å². The van der Waals surface area contributed by atoms with Gasteiger partial charge in [-0.25, -0.2) is 4.79 Å². The number of fused-ring (bicyclic) bond motifs is 1. The fourth-order valence-electron chi connectivity index (χ4n) is 4.10. The zero-order chi connectivity index (χ0) is 27.6. The number of carbonyl (C=O) groups is 2. The summed E-state index contributed by atoms with van der Waals surface area (Å²) in [6.07, 6.45) is -3.95. The standard InChI is InChI=1S/C25H25Cl2N3O8/c1-11(32)29-21-23(34)22(33)17(10-31)38-25(21)37-13-5-3-4-12(8-13)30-19-14-6-7-16(26)18(27)20(14)28-9-15(19)24(35)36-2/h3-9,17,21-23,25,31,33-34H,10H2,1-2H3,(H,28,30)(H,29,32)/t17-,21+,22-,23+,25-/m1/s1. The average molecular weight is 566 g/mol. The lowest BCUT2D eigenvalue weighted by atomic mass is 9.97. The number of amides is 1. The molecule has 0 saturated carbocycles. The molecule has 5 atom stereocenters. The van der Waals surface area contributed by atoms with E-state index >= 15 is 0 Å². The van der Waals surface area contributed by atoms with Crippen molar-refractivity contribution in [3.63, 3.8) is 0 Å². The molecule has 11 nitrogen and oxygen atoms in total. The van der Waals surface area contributed by atoms with Crippen LogP contribution in [0.2, 0.25) is 10.0 Å². The molecule has 13 heteroatoms. The molecule has 0 radical (unpaired) electrons. The van der Waals surface area contributed by atoms with Gasteiger partial charge in [-0.3, -0.25) is 9.78 Å². The van der Waals surface area contributed by atoms with Gasteiger partial charge in [-0.2, -0.15) is 0 Å². The molecular formula is C25H25Cl2N3O8. The van der Waals surface area contributed by atoms with Gasteiger partial charge in [0, 0.05) is 30.3 Å². The smallest absolute Gasteiger partial charge is 0.341 e. The molecule has 38 heavy (non-hydrogen) atoms. The van der Waals surface area contributed by atoms with E-state index in [2.05, 4.69) is 15.6 Å². The second-order valence-corrected chi connectivity index (χ2v) is 9.28. The van der Waals surface area contributed by atoms with E-state index in [1.54, 1.807) is 36.4 Å². The van der Waals surface area contributed by atoms with Crippen LogP contribution < -0.4 is 15.4 Å². The molecule has 1 amide bonds. The van der Waals surface area contributed by atoms with E-state index in [0.717, 1.165) is 0 Å². The molecule has 1 fully saturated rings. The summed E-state index contributed by atoms with van der Waals surface area (Å²) in [6, 6.07) is 8.69. The lowest BCUT2D eigenvalue weighted by Gasteiger charge is -2.42. The number of hydrogen-bond acceptors (Lipinski definition) is 10. The Bertz CT molecular complexity index is 1360. The molecule has 2 heterocycles. The third-order valence-electron chi connectivity index (χ3n) is 5.94. The van der Waals surface area contributed by atoms with Gasteiger partial charge in [0.25, 0.3) is 0 Å². The monoisotopic (exact) mass is 565 g/mol. The molecule has 5 N–H and O–H groups in total. The second-order valence-electron chi connectivity index (χ2n) is 8.50. The molecule has 1 aliphatic heterocycles. The summed E-state index contributed by atoms with van der Waals surface area (Å²) < 4.78 is 16.5. The van der Waals surface area contributed by atoms with Crippen molar-refractivity contribution >= 4 is 57.4 Å². The summed E-state index contributed by atoms with van der Waals surface area (Å²) in [5, 5.41) is 37.0. The van der Waals surface area contributed by atoms with Crippen LogP contribution in [0.1, 0.15) is 17.3 Å². The number of esters is 1. The van der Waals surface area contributed by atoms with Crippen molar-refractivity contribution in [2.45, 2.75) is 37.6 Å². The summed E-state index contributed by atoms with van der Waals surface area (Å²) in [5.74, 6) is -0.846. The Balaban J connectivity index is 1.68. The number of aromatic nitrogens is 1. The van der Waals surface area contributed by atoms with E-state index in [1.165, 1.54) is 20.2 Å². The van der Waals surface area contributed by atoms with Gasteiger partial charge < -0.3 is 40.2 Å². The van der Waals surface area contributed by atoms with Crippen molar-refractivity contribution in [2.24, 2.45) is 0 Å². The molecule has 202 valence electrons. The van der Waals surface area contributed by atoms with Crippen LogP contribution in [0.5, 0.6) is 5.75 Å². The number of benzene rings is 2. The number of anilines is 2. The first-order valence-corrected chi connectivity index (χ1v) is 12.2. The Morgan fingerprint density at radius 2 is 1.92 bits per heavy atom. The van der Waals surface area contributed by atoms with E-state index in [4.69, 9.17) is 37.4 Å². The van der Waals surface area contributed by atoms with Gasteiger partial charge in [-0.15, -0.1) is 0 Å². The van der Waals surface area contributed by atoms with E-state index in [9.17, 15) is 24.9 Å². The van der Waals surface area contributed by atoms with Crippen molar-refractivity contribution in [1.82, 2.24) is 10.3 Å². The van der Waals surface area contributed by atoms with Crippen molar-refractivity contribution < 1.29 is 39.1 Å². The molecule has 0 aliphatic carbocycles. The molecule has 0 unspecified atom stereocenters. The Kier molecular flexibility index (Phi) is 8.56. The highest BCUT2D eigenvalue weighted by Gasteiger charge is 2.46.